The second kappa shape index (κ2) is 9.45. The molecular weight excluding hydrogens is 549 g/mol. The minimum absolute atomic E-state index is 0.0262. The first kappa shape index (κ1) is 25.3. The van der Waals surface area contributed by atoms with Crippen molar-refractivity contribution in [1.29, 1.82) is 0 Å². The van der Waals surface area contributed by atoms with Gasteiger partial charge < -0.3 is 19.7 Å². The van der Waals surface area contributed by atoms with E-state index in [0.717, 1.165) is 22.3 Å². The Morgan fingerprint density at radius 1 is 1.05 bits per heavy atom. The molecule has 14 heteroatoms. The molecule has 4 unspecified atom stereocenters. The first-order valence-corrected chi connectivity index (χ1v) is 13.3. The summed E-state index contributed by atoms with van der Waals surface area (Å²) in [5.74, 6) is -3.47. The molecule has 10 nitrogen and oxygen atoms in total. The number of thiazole rings is 1. The quantitative estimate of drug-likeness (QED) is 0.316. The molecule has 0 spiro atoms. The zero-order valence-electron chi connectivity index (χ0n) is 20.7. The number of ether oxygens (including phenoxy) is 2. The average molecular weight is 571 g/mol. The number of aromatic nitrogens is 6. The largest absolute Gasteiger partial charge is 0.388 e. The summed E-state index contributed by atoms with van der Waals surface area (Å²) in [6.45, 7) is 1.69. The summed E-state index contributed by atoms with van der Waals surface area (Å²) in [5.41, 5.74) is 3.63. The standard InChI is InChI=1S/C26H21F3N6O4S/c1-11-32-26(35(33-11)14-2-3-17-19(6-14)40-10-30-17)25-22(37)21(24-23(39-25)18(36)9-38-24)34-8-13(7-31-34)12-4-15(27)20(29)16(28)5-12/h2-8,10,18,21-25,36-37H,9H2,1H3/t18?,21?,22?,23?,24-,25-/m1/s1. The molecule has 5 heterocycles. The fourth-order valence-corrected chi connectivity index (χ4v) is 6.09. The maximum Gasteiger partial charge on any atom is 0.194 e. The van der Waals surface area contributed by atoms with E-state index in [2.05, 4.69) is 20.2 Å². The zero-order valence-corrected chi connectivity index (χ0v) is 21.5. The second-order valence-corrected chi connectivity index (χ2v) is 10.7. The monoisotopic (exact) mass is 570 g/mol. The van der Waals surface area contributed by atoms with Gasteiger partial charge in [0.25, 0.3) is 0 Å². The van der Waals surface area contributed by atoms with Crippen molar-refractivity contribution in [2.45, 2.75) is 43.5 Å². The van der Waals surface area contributed by atoms with Gasteiger partial charge in [-0.15, -0.1) is 11.3 Å². The summed E-state index contributed by atoms with van der Waals surface area (Å²) < 4.78 is 57.2. The lowest BCUT2D eigenvalue weighted by molar-refractivity contribution is -0.196. The highest BCUT2D eigenvalue weighted by Crippen LogP contribution is 2.43. The van der Waals surface area contributed by atoms with E-state index in [4.69, 9.17) is 9.47 Å². The Kier molecular flexibility index (Phi) is 5.98. The van der Waals surface area contributed by atoms with Crippen LogP contribution < -0.4 is 0 Å². The molecule has 206 valence electrons. The molecule has 2 N–H and O–H groups in total. The molecule has 2 aliphatic rings. The Labute approximate surface area is 228 Å². The number of halogens is 3. The first-order chi connectivity index (χ1) is 19.3. The van der Waals surface area contributed by atoms with Crippen LogP contribution in [0.5, 0.6) is 0 Å². The van der Waals surface area contributed by atoms with Crippen LogP contribution in [0.3, 0.4) is 0 Å². The van der Waals surface area contributed by atoms with Crippen molar-refractivity contribution in [3.63, 3.8) is 0 Å². The lowest BCUT2D eigenvalue weighted by atomic mass is 9.91. The molecule has 6 atom stereocenters. The molecule has 0 saturated carbocycles. The van der Waals surface area contributed by atoms with E-state index in [-0.39, 0.29) is 12.2 Å². The normalized spacial score (nSPS) is 26.4. The number of hydrogen-bond acceptors (Lipinski definition) is 9. The molecule has 0 bridgehead atoms. The van der Waals surface area contributed by atoms with Gasteiger partial charge in [-0.1, -0.05) is 0 Å². The van der Waals surface area contributed by atoms with Crippen LogP contribution in [0.4, 0.5) is 13.2 Å². The SMILES string of the molecule is Cc1nc([C@@H]2OC3C(O)CO[C@@H]3C(n3cc(-c4cc(F)c(F)c(F)c4)cn3)C2O)n(-c2ccc3ncsc3c2)n1. The molecule has 40 heavy (non-hydrogen) atoms. The summed E-state index contributed by atoms with van der Waals surface area (Å²) >= 11 is 1.48. The van der Waals surface area contributed by atoms with Gasteiger partial charge in [-0.3, -0.25) is 4.68 Å². The number of fused-ring (bicyclic) bond motifs is 2. The number of benzene rings is 2. The van der Waals surface area contributed by atoms with Crippen LogP contribution in [-0.2, 0) is 9.47 Å². The maximum atomic E-state index is 13.9. The highest BCUT2D eigenvalue weighted by Gasteiger charge is 2.54. The molecule has 2 aliphatic heterocycles. The van der Waals surface area contributed by atoms with Gasteiger partial charge in [-0.2, -0.15) is 10.2 Å². The minimum atomic E-state index is -1.57. The Hall–Kier alpha value is -3.69. The number of hydrogen-bond donors (Lipinski definition) is 2. The summed E-state index contributed by atoms with van der Waals surface area (Å²) in [6, 6.07) is 6.47. The van der Waals surface area contributed by atoms with E-state index in [1.165, 1.54) is 28.4 Å². The number of nitrogens with zero attached hydrogens (tertiary/aromatic N) is 6. The average Bonchev–Trinajstić information content (AvgIpc) is 3.73. The summed E-state index contributed by atoms with van der Waals surface area (Å²) in [6.07, 6.45) is -2.11. The highest BCUT2D eigenvalue weighted by atomic mass is 32.1. The lowest BCUT2D eigenvalue weighted by Crippen LogP contribution is -2.52. The van der Waals surface area contributed by atoms with Crippen molar-refractivity contribution >= 4 is 21.6 Å². The van der Waals surface area contributed by atoms with Crippen LogP contribution in [0.1, 0.15) is 23.8 Å². The molecule has 3 aromatic heterocycles. The predicted molar refractivity (Wildman–Crippen MR) is 135 cm³/mol. The Morgan fingerprint density at radius 3 is 2.65 bits per heavy atom. The molecule has 7 rings (SSSR count). The van der Waals surface area contributed by atoms with E-state index in [1.807, 2.05) is 18.2 Å². The maximum absolute atomic E-state index is 13.9. The van der Waals surface area contributed by atoms with Crippen LogP contribution in [0.25, 0.3) is 27.0 Å². The Balaban J connectivity index is 1.29. The summed E-state index contributed by atoms with van der Waals surface area (Å²) in [5, 5.41) is 31.2. The van der Waals surface area contributed by atoms with Crippen LogP contribution >= 0.6 is 11.3 Å². The summed E-state index contributed by atoms with van der Waals surface area (Å²) in [7, 11) is 0. The van der Waals surface area contributed by atoms with Crippen molar-refractivity contribution in [1.82, 2.24) is 29.5 Å². The van der Waals surface area contributed by atoms with Crippen molar-refractivity contribution in [3.8, 4) is 16.8 Å². The van der Waals surface area contributed by atoms with Gasteiger partial charge in [-0.25, -0.2) is 27.8 Å². The van der Waals surface area contributed by atoms with Gasteiger partial charge in [0.05, 0.1) is 34.2 Å². The van der Waals surface area contributed by atoms with E-state index < -0.39 is 54.0 Å². The molecular formula is C26H21F3N6O4S. The molecule has 2 fully saturated rings. The van der Waals surface area contributed by atoms with E-state index in [0.29, 0.717) is 22.9 Å². The second-order valence-electron chi connectivity index (χ2n) is 9.76. The fourth-order valence-electron chi connectivity index (χ4n) is 5.38. The predicted octanol–water partition coefficient (Wildman–Crippen LogP) is 3.27. The molecule has 5 aromatic rings. The third-order valence-electron chi connectivity index (χ3n) is 7.24. The van der Waals surface area contributed by atoms with Gasteiger partial charge in [0.2, 0.25) is 0 Å². The fraction of sp³-hybridized carbons (Fsp3) is 0.308. The highest BCUT2D eigenvalue weighted by molar-refractivity contribution is 7.16. The Morgan fingerprint density at radius 2 is 1.85 bits per heavy atom. The van der Waals surface area contributed by atoms with Crippen LogP contribution in [0, 0.1) is 24.4 Å². The third kappa shape index (κ3) is 4.02. The van der Waals surface area contributed by atoms with Crippen molar-refractivity contribution in [2.24, 2.45) is 0 Å². The first-order valence-electron chi connectivity index (χ1n) is 12.4. The summed E-state index contributed by atoms with van der Waals surface area (Å²) in [4.78, 5) is 8.87. The van der Waals surface area contributed by atoms with E-state index in [9.17, 15) is 23.4 Å². The van der Waals surface area contributed by atoms with Gasteiger partial charge >= 0.3 is 0 Å². The Bertz CT molecular complexity index is 1720. The number of aliphatic hydroxyl groups is 2. The zero-order chi connectivity index (χ0) is 27.7. The lowest BCUT2D eigenvalue weighted by Gasteiger charge is -2.41. The molecule has 0 aliphatic carbocycles. The molecule has 0 radical (unpaired) electrons. The van der Waals surface area contributed by atoms with Gasteiger partial charge in [0.15, 0.2) is 23.3 Å². The molecule has 0 amide bonds. The van der Waals surface area contributed by atoms with Gasteiger partial charge in [-0.05, 0) is 42.8 Å². The minimum Gasteiger partial charge on any atom is -0.388 e. The van der Waals surface area contributed by atoms with Crippen LogP contribution in [-0.4, -0.2) is 70.8 Å². The smallest absolute Gasteiger partial charge is 0.194 e. The van der Waals surface area contributed by atoms with Crippen LogP contribution in [0.2, 0.25) is 0 Å². The number of aryl methyl sites for hydroxylation is 1. The van der Waals surface area contributed by atoms with Gasteiger partial charge in [0.1, 0.15) is 42.4 Å². The van der Waals surface area contributed by atoms with Crippen LogP contribution in [0.15, 0.2) is 48.2 Å². The van der Waals surface area contributed by atoms with E-state index in [1.54, 1.807) is 17.1 Å². The number of aliphatic hydroxyl groups excluding tert-OH is 2. The molecule has 2 saturated heterocycles. The molecule has 2 aromatic carbocycles. The third-order valence-corrected chi connectivity index (χ3v) is 8.03. The van der Waals surface area contributed by atoms with Crippen molar-refractivity contribution in [3.05, 3.63) is 77.3 Å². The van der Waals surface area contributed by atoms with Crippen molar-refractivity contribution < 1.29 is 32.9 Å². The van der Waals surface area contributed by atoms with E-state index >= 15 is 0 Å². The topological polar surface area (TPSA) is 120 Å². The number of rotatable bonds is 4. The van der Waals surface area contributed by atoms with Gasteiger partial charge in [0, 0.05) is 11.8 Å². The van der Waals surface area contributed by atoms with Crippen molar-refractivity contribution in [2.75, 3.05) is 6.61 Å².